The van der Waals surface area contributed by atoms with Crippen LogP contribution in [0.4, 0.5) is 0 Å². The van der Waals surface area contributed by atoms with Gasteiger partial charge in [0, 0.05) is 0 Å². The minimum Gasteiger partial charge on any atom is -0.426 e. The van der Waals surface area contributed by atoms with Crippen LogP contribution in [0.5, 0.6) is 0 Å². The average molecular weight is 141 g/mol. The summed E-state index contributed by atoms with van der Waals surface area (Å²) in [5, 5.41) is 24.2. The number of hydrogen-bond donors (Lipinski definition) is 2. The Morgan fingerprint density at radius 1 is 1.70 bits per heavy atom. The number of hydrogen-bond acceptors (Lipinski definition) is 4. The monoisotopic (exact) mass is 141 g/mol. The van der Waals surface area contributed by atoms with Gasteiger partial charge in [-0.1, -0.05) is 5.21 Å². The van der Waals surface area contributed by atoms with Gasteiger partial charge < -0.3 is 10.0 Å². The summed E-state index contributed by atoms with van der Waals surface area (Å²) >= 11 is 0. The standard InChI is InChI=1S/C4H8BN3O2/c1-4-2-6-7-8(4)3-5(9)10/h2,9-10H,3H2,1H3. The van der Waals surface area contributed by atoms with E-state index in [1.54, 1.807) is 13.1 Å². The summed E-state index contributed by atoms with van der Waals surface area (Å²) in [6.07, 6.45) is 1.63. The molecule has 0 aliphatic carbocycles. The molecule has 0 amide bonds. The van der Waals surface area contributed by atoms with Crippen LogP contribution in [0.2, 0.25) is 0 Å². The molecule has 1 aromatic rings. The third-order valence-electron chi connectivity index (χ3n) is 1.15. The summed E-state index contributed by atoms with van der Waals surface area (Å²) < 4.78 is 1.42. The van der Waals surface area contributed by atoms with Crippen LogP contribution in [-0.2, 0) is 6.44 Å². The highest BCUT2D eigenvalue weighted by atomic mass is 16.4. The lowest BCUT2D eigenvalue weighted by Gasteiger charge is -1.99. The molecule has 0 aliphatic rings. The molecule has 0 saturated heterocycles. The Bertz CT molecular complexity index is 212. The smallest absolute Gasteiger partial charge is 0.426 e. The predicted octanol–water partition coefficient (Wildman–Crippen LogP) is -1.40. The van der Waals surface area contributed by atoms with Crippen LogP contribution in [-0.4, -0.2) is 32.2 Å². The molecule has 1 rings (SSSR count). The van der Waals surface area contributed by atoms with E-state index in [4.69, 9.17) is 10.0 Å². The number of rotatable bonds is 2. The van der Waals surface area contributed by atoms with Crippen LogP contribution in [0.3, 0.4) is 0 Å². The lowest BCUT2D eigenvalue weighted by Crippen LogP contribution is -2.22. The molecule has 5 nitrogen and oxygen atoms in total. The summed E-state index contributed by atoms with van der Waals surface area (Å²) in [4.78, 5) is 0. The first-order valence-electron chi connectivity index (χ1n) is 2.91. The maximum atomic E-state index is 8.52. The maximum absolute atomic E-state index is 8.52. The molecule has 54 valence electrons. The van der Waals surface area contributed by atoms with Crippen LogP contribution < -0.4 is 0 Å². The van der Waals surface area contributed by atoms with E-state index >= 15 is 0 Å². The third kappa shape index (κ3) is 1.55. The molecule has 0 aliphatic heterocycles. The molecule has 0 fully saturated rings. The molecule has 0 aromatic carbocycles. The Kier molecular flexibility index (Phi) is 2.03. The van der Waals surface area contributed by atoms with E-state index in [0.717, 1.165) is 5.69 Å². The van der Waals surface area contributed by atoms with Crippen LogP contribution >= 0.6 is 0 Å². The van der Waals surface area contributed by atoms with E-state index < -0.39 is 7.12 Å². The Morgan fingerprint density at radius 3 is 2.80 bits per heavy atom. The zero-order chi connectivity index (χ0) is 7.56. The van der Waals surface area contributed by atoms with Crippen molar-refractivity contribution in [1.82, 2.24) is 15.0 Å². The Labute approximate surface area is 58.4 Å². The van der Waals surface area contributed by atoms with Crippen LogP contribution in [0.1, 0.15) is 5.69 Å². The molecule has 0 atom stereocenters. The summed E-state index contributed by atoms with van der Waals surface area (Å²) in [7, 11) is -1.36. The van der Waals surface area contributed by atoms with Crippen LogP contribution in [0, 0.1) is 6.92 Å². The first-order chi connectivity index (χ1) is 4.70. The fourth-order valence-electron chi connectivity index (χ4n) is 0.644. The quantitative estimate of drug-likeness (QED) is 0.496. The van der Waals surface area contributed by atoms with Crippen molar-refractivity contribution in [3.05, 3.63) is 11.9 Å². The molecule has 0 unspecified atom stereocenters. The van der Waals surface area contributed by atoms with Gasteiger partial charge in [0.05, 0.1) is 18.3 Å². The minimum absolute atomic E-state index is 0.0752. The molecule has 1 aromatic heterocycles. The zero-order valence-electron chi connectivity index (χ0n) is 5.60. The van der Waals surface area contributed by atoms with Gasteiger partial charge in [-0.3, -0.25) is 4.68 Å². The largest absolute Gasteiger partial charge is 0.474 e. The molecule has 0 bridgehead atoms. The normalized spacial score (nSPS) is 9.90. The lowest BCUT2D eigenvalue weighted by molar-refractivity contribution is 0.384. The lowest BCUT2D eigenvalue weighted by atomic mass is 9.93. The van der Waals surface area contributed by atoms with Crippen molar-refractivity contribution in [1.29, 1.82) is 0 Å². The van der Waals surface area contributed by atoms with Gasteiger partial charge in [0.2, 0.25) is 0 Å². The van der Waals surface area contributed by atoms with E-state index in [1.165, 1.54) is 4.68 Å². The van der Waals surface area contributed by atoms with E-state index in [0.29, 0.717) is 0 Å². The van der Waals surface area contributed by atoms with Gasteiger partial charge in [0.1, 0.15) is 0 Å². The summed E-state index contributed by atoms with van der Waals surface area (Å²) in [5.74, 6) is 0. The van der Waals surface area contributed by atoms with Gasteiger partial charge in [-0.25, -0.2) is 0 Å². The van der Waals surface area contributed by atoms with E-state index in [1.807, 2.05) is 0 Å². The van der Waals surface area contributed by atoms with E-state index in [-0.39, 0.29) is 6.44 Å². The molecule has 6 heteroatoms. The van der Waals surface area contributed by atoms with Gasteiger partial charge >= 0.3 is 7.12 Å². The first-order valence-corrected chi connectivity index (χ1v) is 2.91. The van der Waals surface area contributed by atoms with E-state index in [2.05, 4.69) is 10.3 Å². The van der Waals surface area contributed by atoms with Crippen molar-refractivity contribution in [2.75, 3.05) is 0 Å². The third-order valence-corrected chi connectivity index (χ3v) is 1.15. The van der Waals surface area contributed by atoms with Gasteiger partial charge in [-0.15, -0.1) is 5.10 Å². The van der Waals surface area contributed by atoms with Crippen LogP contribution in [0.25, 0.3) is 0 Å². The average Bonchev–Trinajstić information content (AvgIpc) is 2.15. The second kappa shape index (κ2) is 2.81. The topological polar surface area (TPSA) is 71.2 Å². The second-order valence-electron chi connectivity index (χ2n) is 2.04. The van der Waals surface area contributed by atoms with Crippen molar-refractivity contribution in [3.63, 3.8) is 0 Å². The summed E-state index contributed by atoms with van der Waals surface area (Å²) in [5.41, 5.74) is 0.813. The predicted molar refractivity (Wildman–Crippen MR) is 35.0 cm³/mol. The minimum atomic E-state index is -1.36. The van der Waals surface area contributed by atoms with Gasteiger partial charge in [-0.2, -0.15) is 0 Å². The molecule has 0 spiro atoms. The Hall–Kier alpha value is -0.875. The highest BCUT2D eigenvalue weighted by Gasteiger charge is 2.09. The molecular formula is C4H8BN3O2. The number of aromatic nitrogens is 3. The zero-order valence-corrected chi connectivity index (χ0v) is 5.60. The van der Waals surface area contributed by atoms with Crippen molar-refractivity contribution in [2.45, 2.75) is 13.4 Å². The van der Waals surface area contributed by atoms with E-state index in [9.17, 15) is 0 Å². The summed E-state index contributed by atoms with van der Waals surface area (Å²) in [6, 6.07) is 0. The highest BCUT2D eigenvalue weighted by Crippen LogP contribution is 1.91. The van der Waals surface area contributed by atoms with Gasteiger partial charge in [0.25, 0.3) is 0 Å². The fourth-order valence-corrected chi connectivity index (χ4v) is 0.644. The van der Waals surface area contributed by atoms with Crippen molar-refractivity contribution >= 4 is 7.12 Å². The first kappa shape index (κ1) is 7.23. The highest BCUT2D eigenvalue weighted by molar-refractivity contribution is 6.39. The Morgan fingerprint density at radius 2 is 2.40 bits per heavy atom. The maximum Gasteiger partial charge on any atom is 0.474 e. The number of aryl methyl sites for hydroxylation is 1. The molecule has 10 heavy (non-hydrogen) atoms. The molecule has 1 heterocycles. The SMILES string of the molecule is Cc1cnnn1CB(O)O. The molecule has 0 radical (unpaired) electrons. The second-order valence-corrected chi connectivity index (χ2v) is 2.04. The summed E-state index contributed by atoms with van der Waals surface area (Å²) in [6.45, 7) is 1.79. The molecule has 2 N–H and O–H groups in total. The number of nitrogens with zero attached hydrogens (tertiary/aromatic N) is 3. The molecule has 0 saturated carbocycles. The molecular weight excluding hydrogens is 133 g/mol. The van der Waals surface area contributed by atoms with Gasteiger partial charge in [0.15, 0.2) is 0 Å². The van der Waals surface area contributed by atoms with Crippen LogP contribution in [0.15, 0.2) is 6.20 Å². The van der Waals surface area contributed by atoms with Crippen molar-refractivity contribution in [2.24, 2.45) is 0 Å². The fraction of sp³-hybridized carbons (Fsp3) is 0.500. The van der Waals surface area contributed by atoms with Crippen molar-refractivity contribution < 1.29 is 10.0 Å². The Balaban J connectivity index is 2.65. The van der Waals surface area contributed by atoms with Crippen molar-refractivity contribution in [3.8, 4) is 0 Å². The van der Waals surface area contributed by atoms with Gasteiger partial charge in [-0.05, 0) is 6.92 Å².